The van der Waals surface area contributed by atoms with Gasteiger partial charge in [-0.25, -0.2) is 9.78 Å². The van der Waals surface area contributed by atoms with E-state index in [2.05, 4.69) is 20.9 Å². The number of rotatable bonds is 7. The lowest BCUT2D eigenvalue weighted by Crippen LogP contribution is -2.41. The average molecular weight is 445 g/mol. The molecule has 31 heavy (non-hydrogen) atoms. The van der Waals surface area contributed by atoms with Gasteiger partial charge in [0.25, 0.3) is 5.91 Å². The quantitative estimate of drug-likeness (QED) is 0.564. The normalized spacial score (nSPS) is 15.5. The van der Waals surface area contributed by atoms with Crippen LogP contribution < -0.4 is 16.0 Å². The van der Waals surface area contributed by atoms with E-state index in [1.54, 1.807) is 24.3 Å². The molecule has 2 aromatic rings. The molecule has 1 aromatic carbocycles. The molecule has 3 amide bonds. The standard InChI is InChI=1S/C21H24N4O5S/c1-11(2)10-15-17(20(29)30-3)25-21(31-15)24-16(26)9-8-14-19(28)22-13-7-5-4-6-12(13)18(27)23-14/h4-7,11,14H,8-10H2,1-3H3,(H,22,28)(H,23,27)(H,24,25,26). The largest absolute Gasteiger partial charge is 0.464 e. The number of thiazole rings is 1. The molecule has 164 valence electrons. The third kappa shape index (κ3) is 5.46. The van der Waals surface area contributed by atoms with Gasteiger partial charge in [-0.15, -0.1) is 11.3 Å². The number of aromatic nitrogens is 1. The highest BCUT2D eigenvalue weighted by atomic mass is 32.1. The van der Waals surface area contributed by atoms with Crippen LogP contribution in [-0.2, 0) is 20.7 Å². The molecule has 2 heterocycles. The molecule has 1 atom stereocenters. The van der Waals surface area contributed by atoms with Crippen molar-refractivity contribution >= 4 is 45.8 Å². The fourth-order valence-electron chi connectivity index (χ4n) is 3.14. The number of amides is 3. The van der Waals surface area contributed by atoms with Crippen LogP contribution in [0.1, 0.15) is 52.4 Å². The Morgan fingerprint density at radius 3 is 2.71 bits per heavy atom. The monoisotopic (exact) mass is 444 g/mol. The van der Waals surface area contributed by atoms with Gasteiger partial charge in [0.15, 0.2) is 10.8 Å². The number of ether oxygens (including phenoxy) is 1. The number of anilines is 2. The van der Waals surface area contributed by atoms with Crippen LogP contribution in [0.4, 0.5) is 10.8 Å². The zero-order chi connectivity index (χ0) is 22.5. The molecule has 10 heteroatoms. The summed E-state index contributed by atoms with van der Waals surface area (Å²) in [6.45, 7) is 4.03. The molecule has 1 aromatic heterocycles. The minimum atomic E-state index is -0.843. The van der Waals surface area contributed by atoms with E-state index in [4.69, 9.17) is 4.74 Å². The lowest BCUT2D eigenvalue weighted by atomic mass is 10.1. The van der Waals surface area contributed by atoms with Gasteiger partial charge >= 0.3 is 5.97 Å². The van der Waals surface area contributed by atoms with Gasteiger partial charge in [0.2, 0.25) is 11.8 Å². The summed E-state index contributed by atoms with van der Waals surface area (Å²) >= 11 is 1.22. The first-order valence-corrected chi connectivity index (χ1v) is 10.7. The fraction of sp³-hybridized carbons (Fsp3) is 0.381. The molecular weight excluding hydrogens is 420 g/mol. The number of nitrogens with one attached hydrogen (secondary N) is 3. The summed E-state index contributed by atoms with van der Waals surface area (Å²) < 4.78 is 4.77. The number of benzene rings is 1. The third-order valence-electron chi connectivity index (χ3n) is 4.63. The molecule has 0 aliphatic carbocycles. The zero-order valence-corrected chi connectivity index (χ0v) is 18.3. The number of carbonyl (C=O) groups is 4. The highest BCUT2D eigenvalue weighted by Crippen LogP contribution is 2.27. The molecule has 0 saturated heterocycles. The highest BCUT2D eigenvalue weighted by Gasteiger charge is 2.28. The van der Waals surface area contributed by atoms with Crippen molar-refractivity contribution in [3.8, 4) is 0 Å². The van der Waals surface area contributed by atoms with Crippen LogP contribution in [0.5, 0.6) is 0 Å². The van der Waals surface area contributed by atoms with E-state index in [9.17, 15) is 19.2 Å². The SMILES string of the molecule is COC(=O)c1nc(NC(=O)CCC2NC(=O)c3ccccc3NC2=O)sc1CC(C)C. The van der Waals surface area contributed by atoms with E-state index in [-0.39, 0.29) is 36.3 Å². The van der Waals surface area contributed by atoms with Gasteiger partial charge < -0.3 is 20.7 Å². The molecule has 1 unspecified atom stereocenters. The zero-order valence-electron chi connectivity index (χ0n) is 17.5. The van der Waals surface area contributed by atoms with Crippen molar-refractivity contribution in [1.82, 2.24) is 10.3 Å². The second kappa shape index (κ2) is 9.69. The Morgan fingerprint density at radius 1 is 1.26 bits per heavy atom. The Bertz CT molecular complexity index is 1020. The number of carbonyl (C=O) groups excluding carboxylic acids is 4. The summed E-state index contributed by atoms with van der Waals surface area (Å²) in [6.07, 6.45) is 0.736. The summed E-state index contributed by atoms with van der Waals surface area (Å²) in [5.74, 6) is -1.38. The van der Waals surface area contributed by atoms with Crippen molar-refractivity contribution in [3.05, 3.63) is 40.4 Å². The van der Waals surface area contributed by atoms with Crippen molar-refractivity contribution < 1.29 is 23.9 Å². The molecule has 3 N–H and O–H groups in total. The van der Waals surface area contributed by atoms with Crippen LogP contribution in [0.2, 0.25) is 0 Å². The van der Waals surface area contributed by atoms with Crippen LogP contribution in [0.15, 0.2) is 24.3 Å². The van der Waals surface area contributed by atoms with Gasteiger partial charge in [-0.1, -0.05) is 26.0 Å². The van der Waals surface area contributed by atoms with E-state index in [0.717, 1.165) is 4.88 Å². The Labute approximate surface area is 183 Å². The second-order valence-electron chi connectivity index (χ2n) is 7.53. The van der Waals surface area contributed by atoms with E-state index in [1.165, 1.54) is 18.4 Å². The van der Waals surface area contributed by atoms with Crippen molar-refractivity contribution in [2.45, 2.75) is 39.2 Å². The summed E-state index contributed by atoms with van der Waals surface area (Å²) in [5, 5.41) is 8.33. The van der Waals surface area contributed by atoms with Gasteiger partial charge in [-0.05, 0) is 30.9 Å². The molecule has 0 saturated carbocycles. The van der Waals surface area contributed by atoms with Crippen LogP contribution >= 0.6 is 11.3 Å². The fourth-order valence-corrected chi connectivity index (χ4v) is 4.32. The first-order valence-electron chi connectivity index (χ1n) is 9.87. The maximum Gasteiger partial charge on any atom is 0.357 e. The van der Waals surface area contributed by atoms with E-state index >= 15 is 0 Å². The van der Waals surface area contributed by atoms with Gasteiger partial charge in [-0.2, -0.15) is 0 Å². The lowest BCUT2D eigenvalue weighted by molar-refractivity contribution is -0.118. The van der Waals surface area contributed by atoms with Gasteiger partial charge in [0.05, 0.1) is 18.4 Å². The van der Waals surface area contributed by atoms with Crippen LogP contribution in [0, 0.1) is 5.92 Å². The summed E-state index contributed by atoms with van der Waals surface area (Å²) in [4.78, 5) is 54.1. The van der Waals surface area contributed by atoms with Crippen LogP contribution in [0.25, 0.3) is 0 Å². The number of methoxy groups -OCH3 is 1. The molecule has 0 fully saturated rings. The topological polar surface area (TPSA) is 126 Å². The minimum absolute atomic E-state index is 0.0125. The predicted octanol–water partition coefficient (Wildman–Crippen LogP) is 2.60. The number of esters is 1. The summed E-state index contributed by atoms with van der Waals surface area (Å²) in [6, 6.07) is 5.87. The Kier molecular flexibility index (Phi) is 7.01. The molecule has 0 spiro atoms. The van der Waals surface area contributed by atoms with Gasteiger partial charge in [-0.3, -0.25) is 14.4 Å². The molecule has 9 nitrogen and oxygen atoms in total. The Hall–Kier alpha value is -3.27. The Balaban J connectivity index is 1.63. The number of fused-ring (bicyclic) bond motifs is 1. The molecule has 0 radical (unpaired) electrons. The first kappa shape index (κ1) is 22.4. The van der Waals surface area contributed by atoms with E-state index in [0.29, 0.717) is 28.7 Å². The number of hydrogen-bond donors (Lipinski definition) is 3. The molecule has 0 bridgehead atoms. The molecule has 1 aliphatic heterocycles. The van der Waals surface area contributed by atoms with Gasteiger partial charge in [0, 0.05) is 11.3 Å². The maximum atomic E-state index is 12.4. The van der Waals surface area contributed by atoms with E-state index in [1.807, 2.05) is 13.8 Å². The second-order valence-corrected chi connectivity index (χ2v) is 8.61. The molecule has 3 rings (SSSR count). The van der Waals surface area contributed by atoms with Gasteiger partial charge in [0.1, 0.15) is 6.04 Å². The van der Waals surface area contributed by atoms with Crippen LogP contribution in [-0.4, -0.2) is 41.8 Å². The summed E-state index contributed by atoms with van der Waals surface area (Å²) in [7, 11) is 1.28. The minimum Gasteiger partial charge on any atom is -0.464 e. The number of para-hydroxylation sites is 1. The van der Waals surface area contributed by atoms with Crippen molar-refractivity contribution in [1.29, 1.82) is 0 Å². The Morgan fingerprint density at radius 2 is 2.00 bits per heavy atom. The first-order chi connectivity index (χ1) is 14.8. The molecule has 1 aliphatic rings. The van der Waals surface area contributed by atoms with Crippen molar-refractivity contribution in [2.75, 3.05) is 17.7 Å². The predicted molar refractivity (Wildman–Crippen MR) is 116 cm³/mol. The number of nitrogens with zero attached hydrogens (tertiary/aromatic N) is 1. The average Bonchev–Trinajstić information content (AvgIpc) is 3.06. The lowest BCUT2D eigenvalue weighted by Gasteiger charge is -2.13. The van der Waals surface area contributed by atoms with Crippen molar-refractivity contribution in [3.63, 3.8) is 0 Å². The third-order valence-corrected chi connectivity index (χ3v) is 5.62. The summed E-state index contributed by atoms with van der Waals surface area (Å²) in [5.41, 5.74) is 1.01. The smallest absolute Gasteiger partial charge is 0.357 e. The van der Waals surface area contributed by atoms with Crippen LogP contribution in [0.3, 0.4) is 0 Å². The van der Waals surface area contributed by atoms with Crippen molar-refractivity contribution in [2.24, 2.45) is 5.92 Å². The highest BCUT2D eigenvalue weighted by molar-refractivity contribution is 7.16. The number of hydrogen-bond acceptors (Lipinski definition) is 7. The van der Waals surface area contributed by atoms with E-state index < -0.39 is 12.0 Å². The molecular formula is C21H24N4O5S. The maximum absolute atomic E-state index is 12.4.